The lowest BCUT2D eigenvalue weighted by molar-refractivity contribution is -0.138. The van der Waals surface area contributed by atoms with Crippen molar-refractivity contribution in [3.8, 4) is 11.1 Å². The Kier molecular flexibility index (Phi) is 4.55. The molecule has 3 nitrogen and oxygen atoms in total. The first-order valence-electron chi connectivity index (χ1n) is 6.81. The Bertz CT molecular complexity index is 642. The van der Waals surface area contributed by atoms with Crippen LogP contribution in [0.3, 0.4) is 0 Å². The van der Waals surface area contributed by atoms with Crippen LogP contribution in [0.15, 0.2) is 55.1 Å². The van der Waals surface area contributed by atoms with E-state index in [4.69, 9.17) is 10.8 Å². The van der Waals surface area contributed by atoms with Crippen molar-refractivity contribution >= 4 is 11.5 Å². The van der Waals surface area contributed by atoms with Crippen molar-refractivity contribution in [2.24, 2.45) is 5.73 Å². The standard InChI is InChI=1S/C18H19NO2/c1-12(2)14-7-9-16(10-8-14)15-5-3-13(4-6-15)11-17(19)18(20)21/h3-10,17H,1,11,19H2,2H3,(H,20,21)/t17-/m0/s1. The third-order valence-corrected chi connectivity index (χ3v) is 3.44. The van der Waals surface area contributed by atoms with Gasteiger partial charge in [0, 0.05) is 0 Å². The molecule has 0 amide bonds. The summed E-state index contributed by atoms with van der Waals surface area (Å²) in [6, 6.07) is 15.2. The van der Waals surface area contributed by atoms with Crippen LogP contribution in [0.4, 0.5) is 0 Å². The van der Waals surface area contributed by atoms with Gasteiger partial charge in [0.1, 0.15) is 6.04 Å². The fourth-order valence-corrected chi connectivity index (χ4v) is 2.12. The number of hydrogen-bond donors (Lipinski definition) is 2. The SMILES string of the molecule is C=C(C)c1ccc(-c2ccc(C[C@H](N)C(=O)O)cc2)cc1. The summed E-state index contributed by atoms with van der Waals surface area (Å²) in [5, 5.41) is 8.81. The van der Waals surface area contributed by atoms with Gasteiger partial charge in [-0.05, 0) is 35.6 Å². The first kappa shape index (κ1) is 15.0. The molecule has 0 saturated carbocycles. The smallest absolute Gasteiger partial charge is 0.320 e. The largest absolute Gasteiger partial charge is 0.480 e. The molecule has 3 heteroatoms. The van der Waals surface area contributed by atoms with Crippen LogP contribution >= 0.6 is 0 Å². The molecule has 1 atom stereocenters. The Labute approximate surface area is 124 Å². The maximum Gasteiger partial charge on any atom is 0.320 e. The monoisotopic (exact) mass is 281 g/mol. The summed E-state index contributed by atoms with van der Waals surface area (Å²) in [6.07, 6.45) is 0.338. The van der Waals surface area contributed by atoms with Gasteiger partial charge in [0.15, 0.2) is 0 Å². The summed E-state index contributed by atoms with van der Waals surface area (Å²) < 4.78 is 0. The van der Waals surface area contributed by atoms with Crippen molar-refractivity contribution < 1.29 is 9.90 Å². The quantitative estimate of drug-likeness (QED) is 0.883. The highest BCUT2D eigenvalue weighted by molar-refractivity contribution is 5.73. The molecule has 21 heavy (non-hydrogen) atoms. The summed E-state index contributed by atoms with van der Waals surface area (Å²) in [6.45, 7) is 5.90. The summed E-state index contributed by atoms with van der Waals surface area (Å²) in [5.41, 5.74) is 10.8. The third-order valence-electron chi connectivity index (χ3n) is 3.44. The molecule has 0 fully saturated rings. The highest BCUT2D eigenvalue weighted by Gasteiger charge is 2.11. The van der Waals surface area contributed by atoms with Crippen molar-refractivity contribution in [1.29, 1.82) is 0 Å². The van der Waals surface area contributed by atoms with Gasteiger partial charge in [0.05, 0.1) is 0 Å². The maximum absolute atomic E-state index is 10.7. The molecule has 2 rings (SSSR count). The maximum atomic E-state index is 10.7. The van der Waals surface area contributed by atoms with E-state index < -0.39 is 12.0 Å². The summed E-state index contributed by atoms with van der Waals surface area (Å²) in [5.74, 6) is -0.977. The van der Waals surface area contributed by atoms with Crippen LogP contribution in [0, 0.1) is 0 Å². The molecule has 0 spiro atoms. The Balaban J connectivity index is 2.15. The number of hydrogen-bond acceptors (Lipinski definition) is 2. The minimum Gasteiger partial charge on any atom is -0.480 e. The molecule has 2 aromatic carbocycles. The van der Waals surface area contributed by atoms with E-state index in [2.05, 4.69) is 18.7 Å². The van der Waals surface area contributed by atoms with Crippen LogP contribution in [-0.4, -0.2) is 17.1 Å². The van der Waals surface area contributed by atoms with Gasteiger partial charge in [-0.25, -0.2) is 0 Å². The van der Waals surface area contributed by atoms with Gasteiger partial charge >= 0.3 is 5.97 Å². The number of allylic oxidation sites excluding steroid dienone is 1. The first-order valence-corrected chi connectivity index (χ1v) is 6.81. The second-order valence-electron chi connectivity index (χ2n) is 5.20. The highest BCUT2D eigenvalue weighted by atomic mass is 16.4. The Morgan fingerprint density at radius 3 is 2.00 bits per heavy atom. The fraction of sp³-hybridized carbons (Fsp3) is 0.167. The minimum absolute atomic E-state index is 0.338. The molecular weight excluding hydrogens is 262 g/mol. The van der Waals surface area contributed by atoms with Gasteiger partial charge in [0.25, 0.3) is 0 Å². The Morgan fingerprint density at radius 2 is 1.57 bits per heavy atom. The predicted octanol–water partition coefficient (Wildman–Crippen LogP) is 3.34. The van der Waals surface area contributed by atoms with E-state index in [0.717, 1.165) is 27.8 Å². The Morgan fingerprint density at radius 1 is 1.10 bits per heavy atom. The zero-order valence-corrected chi connectivity index (χ0v) is 12.0. The molecule has 0 aliphatic carbocycles. The van der Waals surface area contributed by atoms with Crippen molar-refractivity contribution in [1.82, 2.24) is 0 Å². The van der Waals surface area contributed by atoms with E-state index in [1.165, 1.54) is 0 Å². The number of carboxylic acids is 1. The fourth-order valence-electron chi connectivity index (χ4n) is 2.12. The minimum atomic E-state index is -0.977. The van der Waals surface area contributed by atoms with Gasteiger partial charge in [-0.1, -0.05) is 60.7 Å². The van der Waals surface area contributed by atoms with Crippen molar-refractivity contribution in [3.63, 3.8) is 0 Å². The van der Waals surface area contributed by atoms with Crippen LogP contribution < -0.4 is 5.73 Å². The average Bonchev–Trinajstić information content (AvgIpc) is 2.48. The van der Waals surface area contributed by atoms with Gasteiger partial charge in [-0.15, -0.1) is 0 Å². The summed E-state index contributed by atoms with van der Waals surface area (Å²) in [7, 11) is 0. The zero-order chi connectivity index (χ0) is 15.4. The molecule has 0 unspecified atom stereocenters. The van der Waals surface area contributed by atoms with Crippen LogP contribution in [0.2, 0.25) is 0 Å². The van der Waals surface area contributed by atoms with Crippen LogP contribution in [-0.2, 0) is 11.2 Å². The number of carboxylic acid groups (broad SMARTS) is 1. The lowest BCUT2D eigenvalue weighted by atomic mass is 9.99. The van der Waals surface area contributed by atoms with E-state index in [-0.39, 0.29) is 0 Å². The molecule has 0 heterocycles. The lowest BCUT2D eigenvalue weighted by Crippen LogP contribution is -2.32. The van der Waals surface area contributed by atoms with E-state index in [9.17, 15) is 4.79 Å². The zero-order valence-electron chi connectivity index (χ0n) is 12.0. The summed E-state index contributed by atoms with van der Waals surface area (Å²) in [4.78, 5) is 10.7. The van der Waals surface area contributed by atoms with Gasteiger partial charge in [-0.2, -0.15) is 0 Å². The number of aliphatic carboxylic acids is 1. The number of rotatable bonds is 5. The van der Waals surface area contributed by atoms with Gasteiger partial charge in [-0.3, -0.25) is 4.79 Å². The molecule has 0 bridgehead atoms. The molecule has 0 radical (unpaired) electrons. The van der Waals surface area contributed by atoms with Crippen LogP contribution in [0.5, 0.6) is 0 Å². The normalized spacial score (nSPS) is 11.9. The van der Waals surface area contributed by atoms with Crippen LogP contribution in [0.25, 0.3) is 16.7 Å². The molecule has 0 saturated heterocycles. The predicted molar refractivity (Wildman–Crippen MR) is 85.9 cm³/mol. The van der Waals surface area contributed by atoms with Crippen molar-refractivity contribution in [2.75, 3.05) is 0 Å². The van der Waals surface area contributed by atoms with Crippen molar-refractivity contribution in [2.45, 2.75) is 19.4 Å². The second kappa shape index (κ2) is 6.37. The number of benzene rings is 2. The molecular formula is C18H19NO2. The van der Waals surface area contributed by atoms with Gasteiger partial charge < -0.3 is 10.8 Å². The molecule has 0 aromatic heterocycles. The first-order chi connectivity index (χ1) is 9.97. The van der Waals surface area contributed by atoms with Gasteiger partial charge in [0.2, 0.25) is 0 Å². The number of carbonyl (C=O) groups is 1. The van der Waals surface area contributed by atoms with E-state index in [1.807, 2.05) is 43.3 Å². The Hall–Kier alpha value is -2.39. The third kappa shape index (κ3) is 3.80. The van der Waals surface area contributed by atoms with E-state index >= 15 is 0 Å². The molecule has 0 aliphatic heterocycles. The summed E-state index contributed by atoms with van der Waals surface area (Å²) >= 11 is 0. The highest BCUT2D eigenvalue weighted by Crippen LogP contribution is 2.22. The molecule has 0 aliphatic rings. The van der Waals surface area contributed by atoms with Crippen LogP contribution in [0.1, 0.15) is 18.1 Å². The van der Waals surface area contributed by atoms with E-state index in [0.29, 0.717) is 6.42 Å². The topological polar surface area (TPSA) is 63.3 Å². The van der Waals surface area contributed by atoms with Crippen molar-refractivity contribution in [3.05, 3.63) is 66.2 Å². The van der Waals surface area contributed by atoms with E-state index in [1.54, 1.807) is 0 Å². The molecule has 3 N–H and O–H groups in total. The average molecular weight is 281 g/mol. The molecule has 2 aromatic rings. The second-order valence-corrected chi connectivity index (χ2v) is 5.20. The lowest BCUT2D eigenvalue weighted by Gasteiger charge is -2.08. The number of nitrogens with two attached hydrogens (primary N) is 1. The molecule has 108 valence electrons.